The number of benzene rings is 2. The van der Waals surface area contributed by atoms with Crippen LogP contribution >= 0.6 is 23.4 Å². The number of aliphatic hydroxyl groups excluding tert-OH is 3. The fourth-order valence-corrected chi connectivity index (χ4v) is 5.14. The van der Waals surface area contributed by atoms with E-state index in [2.05, 4.69) is 10.3 Å². The van der Waals surface area contributed by atoms with Gasteiger partial charge in [-0.25, -0.2) is 17.9 Å². The number of hydrogen-bond donors (Lipinski definition) is 3. The minimum Gasteiger partial charge on any atom is -0.394 e. The molecule has 0 saturated carbocycles. The van der Waals surface area contributed by atoms with Crippen LogP contribution in [0.4, 0.5) is 13.2 Å². The smallest absolute Gasteiger partial charge is 0.194 e. The van der Waals surface area contributed by atoms with Crippen molar-refractivity contribution in [3.63, 3.8) is 0 Å². The van der Waals surface area contributed by atoms with Gasteiger partial charge in [0.1, 0.15) is 35.5 Å². The zero-order valence-corrected chi connectivity index (χ0v) is 19.1. The van der Waals surface area contributed by atoms with Gasteiger partial charge in [-0.1, -0.05) is 28.9 Å². The number of thioether (sulfide) groups is 1. The van der Waals surface area contributed by atoms with Gasteiger partial charge in [-0.15, -0.1) is 16.9 Å². The zero-order chi connectivity index (χ0) is 24.4. The topological polar surface area (TPSA) is 101 Å². The number of halogens is 4. The molecular weight excluding hydrogens is 495 g/mol. The maximum atomic E-state index is 13.6. The van der Waals surface area contributed by atoms with Gasteiger partial charge in [0.15, 0.2) is 17.5 Å². The van der Waals surface area contributed by atoms with Gasteiger partial charge in [-0.3, -0.25) is 0 Å². The van der Waals surface area contributed by atoms with Crippen LogP contribution in [-0.2, 0) is 11.2 Å². The molecule has 3 N–H and O–H groups in total. The van der Waals surface area contributed by atoms with Gasteiger partial charge in [0.2, 0.25) is 0 Å². The van der Waals surface area contributed by atoms with Crippen molar-refractivity contribution in [2.24, 2.45) is 0 Å². The second-order valence-electron chi connectivity index (χ2n) is 7.79. The van der Waals surface area contributed by atoms with Crippen LogP contribution in [0.15, 0.2) is 42.6 Å². The number of ether oxygens (including phenoxy) is 1. The standard InChI is InChI=1S/C22H21ClF3N3O4S/c23-13-3-1-2-11(6-13)4-5-34-22-21(32)19(20(31)17(10-30)33-22)29-9-16(27-28-29)12-7-14(24)18(26)15(25)8-12/h1-3,6-9,17,19-22,30-32H,4-5,10H2/t17?,19-,20-,21?,22+/m0/s1. The van der Waals surface area contributed by atoms with Gasteiger partial charge in [0.25, 0.3) is 0 Å². The summed E-state index contributed by atoms with van der Waals surface area (Å²) in [6, 6.07) is 7.84. The van der Waals surface area contributed by atoms with Crippen molar-refractivity contribution < 1.29 is 33.2 Å². The maximum Gasteiger partial charge on any atom is 0.194 e. The second kappa shape index (κ2) is 10.6. The van der Waals surface area contributed by atoms with E-state index in [1.165, 1.54) is 18.0 Å². The molecule has 7 nitrogen and oxygen atoms in total. The van der Waals surface area contributed by atoms with Crippen LogP contribution in [0.1, 0.15) is 11.6 Å². The zero-order valence-electron chi connectivity index (χ0n) is 17.6. The highest BCUT2D eigenvalue weighted by Crippen LogP contribution is 2.35. The third-order valence-corrected chi connectivity index (χ3v) is 6.90. The van der Waals surface area contributed by atoms with Gasteiger partial charge in [-0.05, 0) is 42.0 Å². The number of aliphatic hydroxyl groups is 3. The third-order valence-electron chi connectivity index (χ3n) is 5.51. The lowest BCUT2D eigenvalue weighted by Gasteiger charge is -2.41. The van der Waals surface area contributed by atoms with E-state index in [9.17, 15) is 28.5 Å². The minimum atomic E-state index is -1.60. The first-order chi connectivity index (χ1) is 16.3. The highest BCUT2D eigenvalue weighted by atomic mass is 35.5. The molecule has 34 heavy (non-hydrogen) atoms. The Balaban J connectivity index is 1.52. The van der Waals surface area contributed by atoms with Crippen molar-refractivity contribution in [2.45, 2.75) is 36.2 Å². The number of hydrogen-bond acceptors (Lipinski definition) is 7. The van der Waals surface area contributed by atoms with E-state index in [0.717, 1.165) is 22.4 Å². The predicted molar refractivity (Wildman–Crippen MR) is 120 cm³/mol. The summed E-state index contributed by atoms with van der Waals surface area (Å²) in [4.78, 5) is 0. The van der Waals surface area contributed by atoms with E-state index in [1.807, 2.05) is 18.2 Å². The van der Waals surface area contributed by atoms with Gasteiger partial charge < -0.3 is 20.1 Å². The summed E-state index contributed by atoms with van der Waals surface area (Å²) in [5.41, 5.74) is 0.137. The van der Waals surface area contributed by atoms with E-state index in [1.54, 1.807) is 6.07 Å². The molecule has 1 saturated heterocycles. The van der Waals surface area contributed by atoms with Crippen molar-refractivity contribution in [3.05, 3.63) is 70.6 Å². The highest BCUT2D eigenvalue weighted by Gasteiger charge is 2.46. The lowest BCUT2D eigenvalue weighted by molar-refractivity contribution is -0.178. The fraction of sp³-hybridized carbons (Fsp3) is 0.364. The maximum absolute atomic E-state index is 13.6. The Kier molecular flexibility index (Phi) is 7.80. The molecule has 1 aliphatic heterocycles. The molecule has 182 valence electrons. The Bertz CT molecular complexity index is 1130. The van der Waals surface area contributed by atoms with E-state index < -0.39 is 53.8 Å². The van der Waals surface area contributed by atoms with Crippen LogP contribution in [0, 0.1) is 17.5 Å². The SMILES string of the molecule is OCC1O[C@H](SCCc2cccc(Cl)c2)C(O)[C@@H](n2cc(-c3cc(F)c(F)c(F)c3)nn2)[C@H]1O. The number of aryl methyl sites for hydroxylation is 1. The van der Waals surface area contributed by atoms with Crippen LogP contribution in [-0.4, -0.2) is 66.4 Å². The molecule has 0 aliphatic carbocycles. The highest BCUT2D eigenvalue weighted by molar-refractivity contribution is 7.99. The van der Waals surface area contributed by atoms with Gasteiger partial charge in [0.05, 0.1) is 12.8 Å². The molecule has 0 amide bonds. The average molecular weight is 516 g/mol. The molecular formula is C22H21ClF3N3O4S. The molecule has 2 unspecified atom stereocenters. The Morgan fingerprint density at radius 3 is 2.50 bits per heavy atom. The number of rotatable bonds is 7. The van der Waals surface area contributed by atoms with Crippen LogP contribution in [0.3, 0.4) is 0 Å². The summed E-state index contributed by atoms with van der Waals surface area (Å²) in [6.07, 6.45) is -1.69. The molecule has 4 rings (SSSR count). The first kappa shape index (κ1) is 25.0. The first-order valence-electron chi connectivity index (χ1n) is 10.3. The second-order valence-corrected chi connectivity index (χ2v) is 9.43. The molecule has 5 atom stereocenters. The van der Waals surface area contributed by atoms with Gasteiger partial charge in [0, 0.05) is 10.6 Å². The van der Waals surface area contributed by atoms with E-state index >= 15 is 0 Å². The fourth-order valence-electron chi connectivity index (χ4n) is 3.76. The van der Waals surface area contributed by atoms with Gasteiger partial charge >= 0.3 is 0 Å². The summed E-state index contributed by atoms with van der Waals surface area (Å²) >= 11 is 7.30. The summed E-state index contributed by atoms with van der Waals surface area (Å²) < 4.78 is 47.4. The molecule has 0 spiro atoms. The lowest BCUT2D eigenvalue weighted by Crippen LogP contribution is -2.55. The Labute approximate surface area is 202 Å². The van der Waals surface area contributed by atoms with Crippen molar-refractivity contribution in [2.75, 3.05) is 12.4 Å². The van der Waals surface area contributed by atoms with Crippen LogP contribution in [0.2, 0.25) is 5.02 Å². The summed E-state index contributed by atoms with van der Waals surface area (Å²) in [5.74, 6) is -3.81. The summed E-state index contributed by atoms with van der Waals surface area (Å²) in [7, 11) is 0. The Morgan fingerprint density at radius 2 is 1.82 bits per heavy atom. The summed E-state index contributed by atoms with van der Waals surface area (Å²) in [6.45, 7) is -0.508. The normalized spacial score (nSPS) is 25.0. The monoisotopic (exact) mass is 515 g/mol. The average Bonchev–Trinajstić information content (AvgIpc) is 3.28. The van der Waals surface area contributed by atoms with Crippen molar-refractivity contribution in [1.29, 1.82) is 0 Å². The van der Waals surface area contributed by atoms with Crippen LogP contribution in [0.25, 0.3) is 11.3 Å². The largest absolute Gasteiger partial charge is 0.394 e. The third kappa shape index (κ3) is 5.24. The van der Waals surface area contributed by atoms with Gasteiger partial charge in [-0.2, -0.15) is 0 Å². The van der Waals surface area contributed by atoms with E-state index in [4.69, 9.17) is 16.3 Å². The van der Waals surface area contributed by atoms with Crippen LogP contribution < -0.4 is 0 Å². The number of nitrogens with zero attached hydrogens (tertiary/aromatic N) is 3. The molecule has 3 aromatic rings. The van der Waals surface area contributed by atoms with E-state index in [0.29, 0.717) is 17.2 Å². The Morgan fingerprint density at radius 1 is 1.09 bits per heavy atom. The molecule has 2 heterocycles. The minimum absolute atomic E-state index is 0.00870. The molecule has 0 radical (unpaired) electrons. The molecule has 2 aromatic carbocycles. The first-order valence-corrected chi connectivity index (χ1v) is 11.8. The van der Waals surface area contributed by atoms with Crippen molar-refractivity contribution in [3.8, 4) is 11.3 Å². The molecule has 1 fully saturated rings. The summed E-state index contributed by atoms with van der Waals surface area (Å²) in [5, 5.41) is 39.6. The van der Waals surface area contributed by atoms with Crippen molar-refractivity contribution >= 4 is 23.4 Å². The van der Waals surface area contributed by atoms with Crippen molar-refractivity contribution in [1.82, 2.24) is 15.0 Å². The molecule has 12 heteroatoms. The predicted octanol–water partition coefficient (Wildman–Crippen LogP) is 2.97. The van der Waals surface area contributed by atoms with E-state index in [-0.39, 0.29) is 11.3 Å². The molecule has 0 bridgehead atoms. The molecule has 1 aromatic heterocycles. The lowest BCUT2D eigenvalue weighted by atomic mass is 9.97. The Hall–Kier alpha value is -2.15. The quantitative estimate of drug-likeness (QED) is 0.416. The van der Waals surface area contributed by atoms with Crippen LogP contribution in [0.5, 0.6) is 0 Å². The number of aromatic nitrogens is 3. The molecule has 1 aliphatic rings.